The number of para-hydroxylation sites is 2. The second-order valence-electron chi connectivity index (χ2n) is 12.2. The van der Waals surface area contributed by atoms with Crippen molar-refractivity contribution in [2.45, 2.75) is 0 Å². The van der Waals surface area contributed by atoms with Crippen molar-refractivity contribution in [1.29, 1.82) is 0 Å². The normalized spacial score (nSPS) is 11.2. The summed E-state index contributed by atoms with van der Waals surface area (Å²) in [6.07, 6.45) is 0. The van der Waals surface area contributed by atoms with E-state index in [9.17, 15) is 9.59 Å². The van der Waals surface area contributed by atoms with Crippen molar-refractivity contribution in [2.75, 3.05) is 0 Å². The average molecular weight is 681 g/mol. The number of H-pyrrole nitrogens is 2. The summed E-state index contributed by atoms with van der Waals surface area (Å²) in [5.74, 6) is 5.10. The number of nitrogens with one attached hydrogen (secondary N) is 2. The fourth-order valence-corrected chi connectivity index (χ4v) is 6.20. The predicted molar refractivity (Wildman–Crippen MR) is 204 cm³/mol. The lowest BCUT2D eigenvalue weighted by molar-refractivity contribution is 0.469. The zero-order valence-electron chi connectivity index (χ0n) is 27.5. The minimum absolute atomic E-state index is 0.174. The first-order chi connectivity index (χ1) is 25.5. The van der Waals surface area contributed by atoms with Gasteiger partial charge in [0.05, 0.1) is 22.1 Å². The van der Waals surface area contributed by atoms with Crippen LogP contribution in [0.3, 0.4) is 0 Å². The molecule has 2 N–H and O–H groups in total. The molecule has 7 aromatic carbocycles. The van der Waals surface area contributed by atoms with E-state index in [-0.39, 0.29) is 10.9 Å². The van der Waals surface area contributed by atoms with Crippen LogP contribution in [-0.4, -0.2) is 9.97 Å². The summed E-state index contributed by atoms with van der Waals surface area (Å²) in [4.78, 5) is 34.3. The van der Waals surface area contributed by atoms with Crippen LogP contribution in [0.25, 0.3) is 43.6 Å². The van der Waals surface area contributed by atoms with Crippen molar-refractivity contribution in [2.24, 2.45) is 0 Å². The molecule has 9 rings (SSSR count). The van der Waals surface area contributed by atoms with Gasteiger partial charge in [-0.25, -0.2) is 0 Å². The molecular formula is C44H28N2O6. The third kappa shape index (κ3) is 6.05. The maximum atomic E-state index is 13.8. The molecule has 9 aromatic rings. The number of benzene rings is 7. The Balaban J connectivity index is 0.985. The third-order valence-electron chi connectivity index (χ3n) is 8.73. The number of fused-ring (bicyclic) bond motifs is 4. The smallest absolute Gasteiger partial charge is 0.197 e. The van der Waals surface area contributed by atoms with Gasteiger partial charge in [-0.05, 0) is 121 Å². The fraction of sp³-hybridized carbons (Fsp3) is 0. The molecule has 0 saturated carbocycles. The van der Waals surface area contributed by atoms with E-state index in [2.05, 4.69) is 9.97 Å². The predicted octanol–water partition coefficient (Wildman–Crippen LogP) is 10.8. The maximum Gasteiger partial charge on any atom is 0.197 e. The molecule has 52 heavy (non-hydrogen) atoms. The second kappa shape index (κ2) is 12.9. The van der Waals surface area contributed by atoms with E-state index in [1.165, 1.54) is 0 Å². The maximum absolute atomic E-state index is 13.8. The van der Waals surface area contributed by atoms with Gasteiger partial charge in [0.15, 0.2) is 10.9 Å². The van der Waals surface area contributed by atoms with Crippen LogP contribution in [0.15, 0.2) is 167 Å². The van der Waals surface area contributed by atoms with Crippen LogP contribution in [0, 0.1) is 0 Å². The summed E-state index contributed by atoms with van der Waals surface area (Å²) < 4.78 is 23.9. The highest BCUT2D eigenvalue weighted by atomic mass is 16.5. The Kier molecular flexibility index (Phi) is 7.59. The molecular weight excluding hydrogens is 652 g/mol. The van der Waals surface area contributed by atoms with Crippen LogP contribution < -0.4 is 29.8 Å². The van der Waals surface area contributed by atoms with E-state index in [1.54, 1.807) is 48.5 Å². The third-order valence-corrected chi connectivity index (χ3v) is 8.73. The molecule has 0 radical (unpaired) electrons. The zero-order chi connectivity index (χ0) is 35.0. The van der Waals surface area contributed by atoms with Crippen LogP contribution in [-0.2, 0) is 0 Å². The number of aromatic nitrogens is 2. The van der Waals surface area contributed by atoms with Crippen molar-refractivity contribution < 1.29 is 18.9 Å². The minimum atomic E-state index is -0.174. The Hall–Kier alpha value is -7.32. The van der Waals surface area contributed by atoms with Gasteiger partial charge in [-0.1, -0.05) is 36.4 Å². The van der Waals surface area contributed by atoms with Gasteiger partial charge in [-0.15, -0.1) is 0 Å². The summed E-state index contributed by atoms with van der Waals surface area (Å²) in [5.41, 5.74) is 2.03. The lowest BCUT2D eigenvalue weighted by atomic mass is 10.0. The highest BCUT2D eigenvalue weighted by Crippen LogP contribution is 2.31. The standard InChI is InChI=1S/C44H28N2O6/c47-43-35-23-33(51-31-15-11-29(12-16-31)49-27-7-3-1-4-8-27)19-21-39(35)45-41-26-38-42(25-37(41)43)46-40-22-20-34(24-36(40)44(38)48)52-32-17-13-30(14-18-32)50-28-9-5-2-6-10-28/h1-26H,(H,45,47)(H,46,48). The van der Waals surface area contributed by atoms with E-state index in [4.69, 9.17) is 18.9 Å². The molecule has 0 bridgehead atoms. The van der Waals surface area contributed by atoms with Crippen LogP contribution in [0.4, 0.5) is 0 Å². The summed E-state index contributed by atoms with van der Waals surface area (Å²) in [6, 6.07) is 47.8. The summed E-state index contributed by atoms with van der Waals surface area (Å²) in [6.45, 7) is 0. The van der Waals surface area contributed by atoms with E-state index >= 15 is 0 Å². The van der Waals surface area contributed by atoms with Crippen molar-refractivity contribution in [3.63, 3.8) is 0 Å². The average Bonchev–Trinajstić information content (AvgIpc) is 3.18. The van der Waals surface area contributed by atoms with Gasteiger partial charge >= 0.3 is 0 Å². The largest absolute Gasteiger partial charge is 0.457 e. The van der Waals surface area contributed by atoms with Gasteiger partial charge in [0.25, 0.3) is 0 Å². The van der Waals surface area contributed by atoms with Gasteiger partial charge in [0.1, 0.15) is 46.0 Å². The summed E-state index contributed by atoms with van der Waals surface area (Å²) in [7, 11) is 0. The van der Waals surface area contributed by atoms with E-state index in [1.807, 2.05) is 109 Å². The van der Waals surface area contributed by atoms with E-state index in [0.29, 0.717) is 78.1 Å². The van der Waals surface area contributed by atoms with Crippen molar-refractivity contribution >= 4 is 43.6 Å². The molecule has 8 heteroatoms. The number of aromatic amines is 2. The molecule has 0 atom stereocenters. The quantitative estimate of drug-likeness (QED) is 0.155. The lowest BCUT2D eigenvalue weighted by Gasteiger charge is -2.11. The van der Waals surface area contributed by atoms with Crippen LogP contribution in [0.2, 0.25) is 0 Å². The molecule has 0 amide bonds. The van der Waals surface area contributed by atoms with Crippen molar-refractivity contribution in [3.8, 4) is 46.0 Å². The number of hydrogen-bond donors (Lipinski definition) is 2. The fourth-order valence-electron chi connectivity index (χ4n) is 6.20. The first-order valence-electron chi connectivity index (χ1n) is 16.6. The van der Waals surface area contributed by atoms with Crippen LogP contribution >= 0.6 is 0 Å². The van der Waals surface area contributed by atoms with Crippen molar-refractivity contribution in [3.05, 3.63) is 178 Å². The SMILES string of the molecule is O=c1c2cc(Oc3ccc(Oc4ccccc4)cc3)ccc2[nH]c2cc3c(=O)c4cc(Oc5ccc(Oc6ccccc6)cc5)ccc4[nH]c3cc12. The van der Waals surface area contributed by atoms with Gasteiger partial charge in [-0.2, -0.15) is 0 Å². The van der Waals surface area contributed by atoms with Gasteiger partial charge in [-0.3, -0.25) is 9.59 Å². The minimum Gasteiger partial charge on any atom is -0.457 e. The van der Waals surface area contributed by atoms with Crippen LogP contribution in [0.1, 0.15) is 0 Å². The molecule has 0 unspecified atom stereocenters. The second-order valence-corrected chi connectivity index (χ2v) is 12.2. The van der Waals surface area contributed by atoms with Crippen molar-refractivity contribution in [1.82, 2.24) is 9.97 Å². The first kappa shape index (κ1) is 30.7. The Morgan fingerprint density at radius 1 is 0.288 bits per heavy atom. The molecule has 0 aliphatic rings. The Morgan fingerprint density at radius 3 is 0.942 bits per heavy atom. The highest BCUT2D eigenvalue weighted by molar-refractivity contribution is 6.03. The zero-order valence-corrected chi connectivity index (χ0v) is 27.5. The Morgan fingerprint density at radius 2 is 0.577 bits per heavy atom. The Labute approximate surface area is 296 Å². The topological polar surface area (TPSA) is 103 Å². The molecule has 8 nitrogen and oxygen atoms in total. The number of hydrogen-bond acceptors (Lipinski definition) is 6. The van der Waals surface area contributed by atoms with Gasteiger partial charge < -0.3 is 28.9 Å². The Bertz CT molecular complexity index is 2670. The van der Waals surface area contributed by atoms with Gasteiger partial charge in [0, 0.05) is 21.5 Å². The molecule has 0 fully saturated rings. The van der Waals surface area contributed by atoms with Crippen LogP contribution in [0.5, 0.6) is 46.0 Å². The molecule has 2 heterocycles. The summed E-state index contributed by atoms with van der Waals surface area (Å²) >= 11 is 0. The van der Waals surface area contributed by atoms with E-state index < -0.39 is 0 Å². The molecule has 0 spiro atoms. The number of rotatable bonds is 8. The lowest BCUT2D eigenvalue weighted by Crippen LogP contribution is -2.08. The van der Waals surface area contributed by atoms with Gasteiger partial charge in [0.2, 0.25) is 0 Å². The van der Waals surface area contributed by atoms with E-state index in [0.717, 1.165) is 11.5 Å². The molecule has 0 aliphatic heterocycles. The first-order valence-corrected chi connectivity index (χ1v) is 16.6. The molecule has 0 aliphatic carbocycles. The number of pyridine rings is 2. The molecule has 250 valence electrons. The monoisotopic (exact) mass is 680 g/mol. The molecule has 0 saturated heterocycles. The highest BCUT2D eigenvalue weighted by Gasteiger charge is 2.13. The molecule has 2 aromatic heterocycles. The number of ether oxygens (including phenoxy) is 4. The summed E-state index contributed by atoms with van der Waals surface area (Å²) in [5, 5.41) is 1.85.